The predicted molar refractivity (Wildman–Crippen MR) is 128 cm³/mol. The predicted octanol–water partition coefficient (Wildman–Crippen LogP) is 7.36. The van der Waals surface area contributed by atoms with E-state index in [9.17, 15) is 0 Å². The molecule has 2 N–H and O–H groups in total. The monoisotopic (exact) mass is 379 g/mol. The Hall–Kier alpha value is -2.64. The van der Waals surface area contributed by atoms with Gasteiger partial charge in [-0.15, -0.1) is 0 Å². The van der Waals surface area contributed by atoms with E-state index >= 15 is 0 Å². The van der Waals surface area contributed by atoms with Gasteiger partial charge >= 0.3 is 0 Å². The average Bonchev–Trinajstić information content (AvgIpc) is 2.76. The van der Waals surface area contributed by atoms with Crippen LogP contribution in [0.2, 0.25) is 0 Å². The molecule has 0 aromatic heterocycles. The van der Waals surface area contributed by atoms with Gasteiger partial charge in [-0.25, -0.2) is 0 Å². The number of fused-ring (bicyclic) bond motifs is 2. The van der Waals surface area contributed by atoms with Gasteiger partial charge in [0.2, 0.25) is 0 Å². The fourth-order valence-electron chi connectivity index (χ4n) is 5.20. The molecule has 1 nitrogen and oxygen atoms in total. The first-order chi connectivity index (χ1) is 14.3. The molecule has 146 valence electrons. The molecule has 0 fully saturated rings. The van der Waals surface area contributed by atoms with Crippen LogP contribution in [0.1, 0.15) is 43.7 Å². The molecule has 0 aliphatic rings. The second-order valence-electron chi connectivity index (χ2n) is 8.35. The van der Waals surface area contributed by atoms with Gasteiger partial charge in [0.25, 0.3) is 0 Å². The Balaban J connectivity index is 1.94. The summed E-state index contributed by atoms with van der Waals surface area (Å²) in [6, 6.07) is 22.8. The van der Waals surface area contributed by atoms with Crippen molar-refractivity contribution < 1.29 is 0 Å². The summed E-state index contributed by atoms with van der Waals surface area (Å²) in [5.41, 5.74) is 9.02. The van der Waals surface area contributed by atoms with E-state index in [2.05, 4.69) is 67.6 Å². The van der Waals surface area contributed by atoms with Crippen LogP contribution < -0.4 is 5.73 Å². The SMILES string of the molecule is CCCCCc1cc2cccc3c4cccc5cccc(c(c1CCCN)c23)c54. The van der Waals surface area contributed by atoms with Crippen molar-refractivity contribution in [1.29, 1.82) is 0 Å². The van der Waals surface area contributed by atoms with Crippen LogP contribution in [0, 0.1) is 0 Å². The van der Waals surface area contributed by atoms with Gasteiger partial charge in [0, 0.05) is 0 Å². The first kappa shape index (κ1) is 18.4. The summed E-state index contributed by atoms with van der Waals surface area (Å²) >= 11 is 0. The lowest BCUT2D eigenvalue weighted by atomic mass is 9.84. The number of hydrogen-bond acceptors (Lipinski definition) is 1. The molecule has 0 atom stereocenters. The fourth-order valence-corrected chi connectivity index (χ4v) is 5.20. The van der Waals surface area contributed by atoms with Gasteiger partial charge in [0.15, 0.2) is 0 Å². The van der Waals surface area contributed by atoms with Gasteiger partial charge in [-0.2, -0.15) is 0 Å². The molecular formula is C28H29N. The Kier molecular flexibility index (Phi) is 4.85. The van der Waals surface area contributed by atoms with E-state index in [4.69, 9.17) is 5.73 Å². The second kappa shape index (κ2) is 7.65. The van der Waals surface area contributed by atoms with Crippen molar-refractivity contribution in [2.24, 2.45) is 5.73 Å². The zero-order chi connectivity index (χ0) is 19.8. The first-order valence-corrected chi connectivity index (χ1v) is 11.1. The molecule has 0 saturated heterocycles. The van der Waals surface area contributed by atoms with Gasteiger partial charge < -0.3 is 5.73 Å². The van der Waals surface area contributed by atoms with Gasteiger partial charge in [0.05, 0.1) is 0 Å². The van der Waals surface area contributed by atoms with Crippen LogP contribution in [-0.4, -0.2) is 6.54 Å². The van der Waals surface area contributed by atoms with Gasteiger partial charge in [0.1, 0.15) is 0 Å². The largest absolute Gasteiger partial charge is 0.330 e. The zero-order valence-corrected chi connectivity index (χ0v) is 17.3. The van der Waals surface area contributed by atoms with Crippen LogP contribution in [-0.2, 0) is 12.8 Å². The number of benzene rings is 5. The second-order valence-corrected chi connectivity index (χ2v) is 8.35. The Labute approximate surface area is 172 Å². The fraction of sp³-hybridized carbons (Fsp3) is 0.286. The van der Waals surface area contributed by atoms with Crippen LogP contribution in [0.3, 0.4) is 0 Å². The lowest BCUT2D eigenvalue weighted by Gasteiger charge is -2.20. The van der Waals surface area contributed by atoms with E-state index in [1.165, 1.54) is 79.9 Å². The summed E-state index contributed by atoms with van der Waals surface area (Å²) in [5, 5.41) is 11.2. The smallest absolute Gasteiger partial charge is 0.00234 e. The van der Waals surface area contributed by atoms with E-state index in [0.29, 0.717) is 0 Å². The molecule has 0 bridgehead atoms. The quantitative estimate of drug-likeness (QED) is 0.178. The zero-order valence-electron chi connectivity index (χ0n) is 17.3. The van der Waals surface area contributed by atoms with E-state index in [1.54, 1.807) is 0 Å². The van der Waals surface area contributed by atoms with Crippen LogP contribution in [0.15, 0.2) is 60.7 Å². The Bertz CT molecular complexity index is 1290. The molecule has 0 aliphatic carbocycles. The molecule has 0 saturated carbocycles. The van der Waals surface area contributed by atoms with Crippen LogP contribution in [0.25, 0.3) is 43.1 Å². The van der Waals surface area contributed by atoms with Crippen molar-refractivity contribution >= 4 is 43.1 Å². The topological polar surface area (TPSA) is 26.0 Å². The molecule has 29 heavy (non-hydrogen) atoms. The molecule has 0 radical (unpaired) electrons. The number of aryl methyl sites for hydroxylation is 2. The molecule has 0 amide bonds. The van der Waals surface area contributed by atoms with Gasteiger partial charge in [-0.1, -0.05) is 80.4 Å². The molecule has 0 aliphatic heterocycles. The summed E-state index contributed by atoms with van der Waals surface area (Å²) in [7, 11) is 0. The maximum absolute atomic E-state index is 5.95. The number of rotatable bonds is 7. The maximum atomic E-state index is 5.95. The molecule has 0 unspecified atom stereocenters. The van der Waals surface area contributed by atoms with E-state index < -0.39 is 0 Å². The van der Waals surface area contributed by atoms with Crippen molar-refractivity contribution in [2.45, 2.75) is 45.4 Å². The van der Waals surface area contributed by atoms with Gasteiger partial charge in [-0.05, 0) is 86.4 Å². The normalized spacial score (nSPS) is 12.1. The summed E-state index contributed by atoms with van der Waals surface area (Å²) in [6.07, 6.45) is 7.09. The minimum Gasteiger partial charge on any atom is -0.330 e. The van der Waals surface area contributed by atoms with E-state index in [0.717, 1.165) is 19.4 Å². The number of hydrogen-bond donors (Lipinski definition) is 1. The molecule has 5 aromatic carbocycles. The molecule has 1 heteroatoms. The highest BCUT2D eigenvalue weighted by Gasteiger charge is 2.17. The Morgan fingerprint density at radius 1 is 0.655 bits per heavy atom. The number of unbranched alkanes of at least 4 members (excludes halogenated alkanes) is 2. The highest BCUT2D eigenvalue weighted by Crippen LogP contribution is 2.43. The third-order valence-corrected chi connectivity index (χ3v) is 6.51. The summed E-state index contributed by atoms with van der Waals surface area (Å²) < 4.78 is 0. The molecule has 5 aromatic rings. The first-order valence-electron chi connectivity index (χ1n) is 11.1. The van der Waals surface area contributed by atoms with Crippen molar-refractivity contribution in [3.63, 3.8) is 0 Å². The van der Waals surface area contributed by atoms with Crippen LogP contribution >= 0.6 is 0 Å². The van der Waals surface area contributed by atoms with Crippen LogP contribution in [0.4, 0.5) is 0 Å². The Morgan fingerprint density at radius 3 is 2.07 bits per heavy atom. The third-order valence-electron chi connectivity index (χ3n) is 6.51. The average molecular weight is 380 g/mol. The third kappa shape index (κ3) is 2.96. The minimum atomic E-state index is 0.744. The van der Waals surface area contributed by atoms with Crippen LogP contribution in [0.5, 0.6) is 0 Å². The summed E-state index contributed by atoms with van der Waals surface area (Å²) in [4.78, 5) is 0. The van der Waals surface area contributed by atoms with E-state index in [-0.39, 0.29) is 0 Å². The maximum Gasteiger partial charge on any atom is -0.00234 e. The lowest BCUT2D eigenvalue weighted by molar-refractivity contribution is 0.711. The molecular weight excluding hydrogens is 350 g/mol. The molecule has 5 rings (SSSR count). The van der Waals surface area contributed by atoms with Crippen molar-refractivity contribution in [1.82, 2.24) is 0 Å². The number of nitrogens with two attached hydrogens (primary N) is 1. The Morgan fingerprint density at radius 2 is 1.34 bits per heavy atom. The van der Waals surface area contributed by atoms with E-state index in [1.807, 2.05) is 0 Å². The van der Waals surface area contributed by atoms with Crippen molar-refractivity contribution in [3.8, 4) is 0 Å². The summed E-state index contributed by atoms with van der Waals surface area (Å²) in [5.74, 6) is 0. The standard InChI is InChI=1S/C28H29N/c1-2-3-4-9-20-18-21-12-7-14-24-23-13-5-10-19-11-6-15-25(26(19)23)28(27(21)24)22(20)16-8-17-29/h5-7,10-15,18H,2-4,8-9,16-17,29H2,1H3. The minimum absolute atomic E-state index is 0.744. The van der Waals surface area contributed by atoms with Crippen molar-refractivity contribution in [3.05, 3.63) is 71.8 Å². The highest BCUT2D eigenvalue weighted by atomic mass is 14.5. The summed E-state index contributed by atoms with van der Waals surface area (Å²) in [6.45, 7) is 3.03. The van der Waals surface area contributed by atoms with Gasteiger partial charge in [-0.3, -0.25) is 0 Å². The highest BCUT2D eigenvalue weighted by molar-refractivity contribution is 6.33. The molecule has 0 spiro atoms. The lowest BCUT2D eigenvalue weighted by Crippen LogP contribution is -2.04. The van der Waals surface area contributed by atoms with Crippen molar-refractivity contribution in [2.75, 3.05) is 6.54 Å². The molecule has 0 heterocycles.